The van der Waals surface area contributed by atoms with Crippen molar-refractivity contribution < 1.29 is 12.8 Å². The molecular weight excluding hydrogens is 336 g/mol. The highest BCUT2D eigenvalue weighted by Gasteiger charge is 2.19. The maximum absolute atomic E-state index is 12.9. The fourth-order valence-corrected chi connectivity index (χ4v) is 3.98. The molecule has 130 valence electrons. The number of rotatable bonds is 4. The van der Waals surface area contributed by atoms with Crippen LogP contribution >= 0.6 is 0 Å². The third-order valence-corrected chi connectivity index (χ3v) is 5.53. The van der Waals surface area contributed by atoms with Gasteiger partial charge in [-0.1, -0.05) is 24.3 Å². The van der Waals surface area contributed by atoms with Gasteiger partial charge in [0.2, 0.25) is 0 Å². The van der Waals surface area contributed by atoms with Crippen LogP contribution in [-0.4, -0.2) is 13.4 Å². The number of sulfonamides is 1. The van der Waals surface area contributed by atoms with E-state index in [1.807, 2.05) is 38.1 Å². The summed E-state index contributed by atoms with van der Waals surface area (Å²) in [6, 6.07) is 10.9. The summed E-state index contributed by atoms with van der Waals surface area (Å²) < 4.78 is 34.0. The second kappa shape index (κ2) is 6.37. The second-order valence-corrected chi connectivity index (χ2v) is 7.80. The SMILES string of the molecule is Cc1ccc(C)c(NS(=O)(=O)c2cc(-c3cnc(C)o3)ccc2C)c1. The third-order valence-electron chi connectivity index (χ3n) is 4.02. The van der Waals surface area contributed by atoms with E-state index in [0.717, 1.165) is 11.1 Å². The molecule has 3 rings (SSSR count). The number of hydrogen-bond acceptors (Lipinski definition) is 4. The van der Waals surface area contributed by atoms with Crippen molar-refractivity contribution in [3.8, 4) is 11.3 Å². The fraction of sp³-hybridized carbons (Fsp3) is 0.211. The monoisotopic (exact) mass is 356 g/mol. The van der Waals surface area contributed by atoms with Gasteiger partial charge in [-0.25, -0.2) is 13.4 Å². The van der Waals surface area contributed by atoms with Crippen LogP contribution in [0.15, 0.2) is 51.9 Å². The highest BCUT2D eigenvalue weighted by Crippen LogP contribution is 2.28. The Morgan fingerprint density at radius 3 is 2.36 bits per heavy atom. The van der Waals surface area contributed by atoms with E-state index in [-0.39, 0.29) is 4.90 Å². The number of benzene rings is 2. The average molecular weight is 356 g/mol. The first-order valence-corrected chi connectivity index (χ1v) is 9.38. The van der Waals surface area contributed by atoms with Crippen molar-refractivity contribution in [2.45, 2.75) is 32.6 Å². The molecule has 0 amide bonds. The minimum Gasteiger partial charge on any atom is -0.441 e. The van der Waals surface area contributed by atoms with E-state index in [1.54, 1.807) is 32.2 Å². The van der Waals surface area contributed by atoms with E-state index < -0.39 is 10.0 Å². The summed E-state index contributed by atoms with van der Waals surface area (Å²) in [6.07, 6.45) is 1.59. The van der Waals surface area contributed by atoms with Crippen molar-refractivity contribution >= 4 is 15.7 Å². The number of oxazole rings is 1. The maximum Gasteiger partial charge on any atom is 0.262 e. The normalized spacial score (nSPS) is 11.5. The first-order chi connectivity index (χ1) is 11.8. The van der Waals surface area contributed by atoms with Gasteiger partial charge in [-0.15, -0.1) is 0 Å². The molecule has 0 spiro atoms. The number of nitrogens with one attached hydrogen (secondary N) is 1. The first kappa shape index (κ1) is 17.2. The molecule has 0 saturated carbocycles. The van der Waals surface area contributed by atoms with E-state index in [2.05, 4.69) is 9.71 Å². The number of hydrogen-bond donors (Lipinski definition) is 1. The van der Waals surface area contributed by atoms with Gasteiger partial charge in [-0.05, 0) is 49.6 Å². The van der Waals surface area contributed by atoms with Crippen LogP contribution in [0.5, 0.6) is 0 Å². The van der Waals surface area contributed by atoms with Crippen LogP contribution in [0.3, 0.4) is 0 Å². The molecule has 25 heavy (non-hydrogen) atoms. The predicted octanol–water partition coefficient (Wildman–Crippen LogP) is 4.38. The quantitative estimate of drug-likeness (QED) is 0.753. The minimum atomic E-state index is -3.72. The van der Waals surface area contributed by atoms with E-state index in [1.165, 1.54) is 0 Å². The lowest BCUT2D eigenvalue weighted by atomic mass is 10.1. The van der Waals surface area contributed by atoms with Crippen LogP contribution in [0.1, 0.15) is 22.6 Å². The largest absolute Gasteiger partial charge is 0.441 e. The van der Waals surface area contributed by atoms with Crippen LogP contribution in [0.4, 0.5) is 5.69 Å². The molecule has 2 aromatic carbocycles. The van der Waals surface area contributed by atoms with E-state index in [0.29, 0.717) is 28.5 Å². The van der Waals surface area contributed by atoms with Gasteiger partial charge in [-0.2, -0.15) is 0 Å². The number of aryl methyl sites for hydroxylation is 4. The van der Waals surface area contributed by atoms with Crippen molar-refractivity contribution in [1.29, 1.82) is 0 Å². The lowest BCUT2D eigenvalue weighted by Gasteiger charge is -2.13. The van der Waals surface area contributed by atoms with Crippen LogP contribution in [0, 0.1) is 27.7 Å². The van der Waals surface area contributed by atoms with Gasteiger partial charge in [0, 0.05) is 12.5 Å². The first-order valence-electron chi connectivity index (χ1n) is 7.90. The molecule has 1 heterocycles. The topological polar surface area (TPSA) is 72.2 Å². The highest BCUT2D eigenvalue weighted by atomic mass is 32.2. The summed E-state index contributed by atoms with van der Waals surface area (Å²) in [6.45, 7) is 7.32. The Labute approximate surface area is 147 Å². The molecule has 0 radical (unpaired) electrons. The molecule has 0 aliphatic heterocycles. The third kappa shape index (κ3) is 3.58. The summed E-state index contributed by atoms with van der Waals surface area (Å²) in [4.78, 5) is 4.29. The molecule has 5 nitrogen and oxygen atoms in total. The summed E-state index contributed by atoms with van der Waals surface area (Å²) in [5.74, 6) is 1.08. The highest BCUT2D eigenvalue weighted by molar-refractivity contribution is 7.92. The van der Waals surface area contributed by atoms with Crippen molar-refractivity contribution in [1.82, 2.24) is 4.98 Å². The zero-order chi connectivity index (χ0) is 18.2. The van der Waals surface area contributed by atoms with E-state index in [4.69, 9.17) is 4.42 Å². The van der Waals surface area contributed by atoms with Crippen LogP contribution < -0.4 is 4.72 Å². The van der Waals surface area contributed by atoms with Crippen molar-refractivity contribution in [3.05, 3.63) is 65.2 Å². The summed E-state index contributed by atoms with van der Waals surface area (Å²) in [7, 11) is -3.72. The van der Waals surface area contributed by atoms with Crippen LogP contribution in [-0.2, 0) is 10.0 Å². The molecule has 0 saturated heterocycles. The number of nitrogens with zero attached hydrogens (tertiary/aromatic N) is 1. The lowest BCUT2D eigenvalue weighted by Crippen LogP contribution is -2.15. The van der Waals surface area contributed by atoms with Gasteiger partial charge in [0.1, 0.15) is 0 Å². The smallest absolute Gasteiger partial charge is 0.262 e. The Morgan fingerprint density at radius 2 is 1.68 bits per heavy atom. The molecule has 0 aliphatic rings. The fourth-order valence-electron chi connectivity index (χ4n) is 2.58. The summed E-state index contributed by atoms with van der Waals surface area (Å²) in [5.41, 5.74) is 3.78. The number of anilines is 1. The van der Waals surface area contributed by atoms with Gasteiger partial charge in [-0.3, -0.25) is 4.72 Å². The molecule has 0 aliphatic carbocycles. The Balaban J connectivity index is 2.03. The minimum absolute atomic E-state index is 0.222. The van der Waals surface area contributed by atoms with Gasteiger partial charge in [0.25, 0.3) is 10.0 Å². The Hall–Kier alpha value is -2.60. The van der Waals surface area contributed by atoms with Crippen molar-refractivity contribution in [2.75, 3.05) is 4.72 Å². The number of aromatic nitrogens is 1. The van der Waals surface area contributed by atoms with Crippen LogP contribution in [0.25, 0.3) is 11.3 Å². The van der Waals surface area contributed by atoms with Gasteiger partial charge < -0.3 is 4.42 Å². The molecule has 1 aromatic heterocycles. The maximum atomic E-state index is 12.9. The molecule has 0 bridgehead atoms. The zero-order valence-corrected chi connectivity index (χ0v) is 15.4. The van der Waals surface area contributed by atoms with E-state index >= 15 is 0 Å². The Kier molecular flexibility index (Phi) is 4.39. The van der Waals surface area contributed by atoms with Gasteiger partial charge >= 0.3 is 0 Å². The lowest BCUT2D eigenvalue weighted by molar-refractivity contribution is 0.534. The Bertz CT molecular complexity index is 1040. The Morgan fingerprint density at radius 1 is 0.960 bits per heavy atom. The average Bonchev–Trinajstić information content (AvgIpc) is 2.97. The summed E-state index contributed by atoms with van der Waals surface area (Å²) >= 11 is 0. The van der Waals surface area contributed by atoms with Gasteiger partial charge in [0.05, 0.1) is 16.8 Å². The molecule has 0 atom stereocenters. The van der Waals surface area contributed by atoms with Crippen LogP contribution in [0.2, 0.25) is 0 Å². The molecule has 0 unspecified atom stereocenters. The molecular formula is C19H20N2O3S. The van der Waals surface area contributed by atoms with E-state index in [9.17, 15) is 8.42 Å². The standard InChI is InChI=1S/C19H20N2O3S/c1-12-5-6-13(2)17(9-12)21-25(22,23)19-10-16(8-7-14(19)3)18-11-20-15(4)24-18/h5-11,21H,1-4H3. The molecule has 1 N–H and O–H groups in total. The predicted molar refractivity (Wildman–Crippen MR) is 98.1 cm³/mol. The molecule has 3 aromatic rings. The van der Waals surface area contributed by atoms with Crippen molar-refractivity contribution in [3.63, 3.8) is 0 Å². The second-order valence-electron chi connectivity index (χ2n) is 6.15. The van der Waals surface area contributed by atoms with Gasteiger partial charge in [0.15, 0.2) is 11.7 Å². The van der Waals surface area contributed by atoms with Crippen molar-refractivity contribution in [2.24, 2.45) is 0 Å². The summed E-state index contributed by atoms with van der Waals surface area (Å²) in [5, 5.41) is 0. The molecule has 6 heteroatoms. The zero-order valence-electron chi connectivity index (χ0n) is 14.6. The molecule has 0 fully saturated rings.